The van der Waals surface area contributed by atoms with Crippen LogP contribution in [0.2, 0.25) is 0 Å². The molecule has 3 rings (SSSR count). The highest BCUT2D eigenvalue weighted by atomic mass is 16.6. The normalized spacial score (nSPS) is 21.1. The number of aliphatic hydroxyl groups is 2. The standard InChI is InChI=1S/C27H46N6O6/c1-37-20(35)15-13-11-9-7-5-3-2-4-6-8-10-12-14-16-38-23-22(36)19(17-34)39-26(23)33-18-30-21-24(28)31-27(29)32-25(21)33/h18-19,22-23,26,34,36H,2-17H2,1H3,(H4,28,29,31,32)/t19-,22?,23?,26-/m1/s1. The number of hydrogen-bond donors (Lipinski definition) is 4. The Balaban J connectivity index is 1.27. The number of esters is 1. The predicted molar refractivity (Wildman–Crippen MR) is 148 cm³/mol. The van der Waals surface area contributed by atoms with Crippen LogP contribution in [0.15, 0.2) is 6.33 Å². The number of hydrogen-bond acceptors (Lipinski definition) is 11. The average Bonchev–Trinajstić information content (AvgIpc) is 3.48. The van der Waals surface area contributed by atoms with E-state index >= 15 is 0 Å². The number of carbonyl (C=O) groups excluding carboxylic acids is 1. The minimum absolute atomic E-state index is 0.0144. The number of ether oxygens (including phenoxy) is 3. The zero-order valence-corrected chi connectivity index (χ0v) is 23.2. The van der Waals surface area contributed by atoms with Crippen LogP contribution < -0.4 is 11.5 Å². The minimum Gasteiger partial charge on any atom is -0.469 e. The first kappa shape index (κ1) is 31.0. The molecule has 3 heterocycles. The van der Waals surface area contributed by atoms with Crippen LogP contribution in [0.5, 0.6) is 0 Å². The zero-order valence-electron chi connectivity index (χ0n) is 23.2. The van der Waals surface area contributed by atoms with Gasteiger partial charge in [-0.05, 0) is 12.8 Å². The summed E-state index contributed by atoms with van der Waals surface area (Å²) in [4.78, 5) is 23.5. The summed E-state index contributed by atoms with van der Waals surface area (Å²) in [6.07, 6.45) is 14.0. The highest BCUT2D eigenvalue weighted by Crippen LogP contribution is 2.34. The third-order valence-corrected chi connectivity index (χ3v) is 7.30. The fourth-order valence-corrected chi connectivity index (χ4v) is 5.05. The molecule has 0 aromatic carbocycles. The molecule has 2 unspecified atom stereocenters. The lowest BCUT2D eigenvalue weighted by atomic mass is 10.0. The molecule has 12 nitrogen and oxygen atoms in total. The number of aliphatic hydroxyl groups excluding tert-OH is 2. The maximum atomic E-state index is 11.1. The van der Waals surface area contributed by atoms with Crippen molar-refractivity contribution in [3.8, 4) is 0 Å². The SMILES string of the molecule is COC(=O)CCCCCCCCCCCCCCCOC1C(O)[C@@H](CO)O[C@H]1n1cnc2c(N)nc(N)nc21. The lowest BCUT2D eigenvalue weighted by Gasteiger charge is -2.22. The van der Waals surface area contributed by atoms with E-state index in [1.54, 1.807) is 4.57 Å². The van der Waals surface area contributed by atoms with Gasteiger partial charge in [0.2, 0.25) is 5.95 Å². The van der Waals surface area contributed by atoms with Crippen LogP contribution in [0.4, 0.5) is 11.8 Å². The van der Waals surface area contributed by atoms with E-state index in [-0.39, 0.29) is 24.3 Å². The number of methoxy groups -OCH3 is 1. The average molecular weight is 551 g/mol. The molecule has 2 aromatic rings. The molecule has 0 amide bonds. The predicted octanol–water partition coefficient (Wildman–Crippen LogP) is 3.26. The van der Waals surface area contributed by atoms with Gasteiger partial charge < -0.3 is 35.9 Å². The number of rotatable bonds is 19. The van der Waals surface area contributed by atoms with Crippen LogP contribution in [0, 0.1) is 0 Å². The first-order valence-corrected chi connectivity index (χ1v) is 14.3. The van der Waals surface area contributed by atoms with Gasteiger partial charge >= 0.3 is 5.97 Å². The van der Waals surface area contributed by atoms with E-state index in [9.17, 15) is 15.0 Å². The van der Waals surface area contributed by atoms with Gasteiger partial charge in [-0.3, -0.25) is 9.36 Å². The van der Waals surface area contributed by atoms with Crippen LogP contribution in [-0.2, 0) is 19.0 Å². The van der Waals surface area contributed by atoms with E-state index in [1.165, 1.54) is 64.8 Å². The largest absolute Gasteiger partial charge is 0.469 e. The molecule has 4 atom stereocenters. The van der Waals surface area contributed by atoms with Gasteiger partial charge in [0.15, 0.2) is 17.7 Å². The number of nitrogen functional groups attached to an aromatic ring is 2. The van der Waals surface area contributed by atoms with Gasteiger partial charge in [-0.1, -0.05) is 70.6 Å². The van der Waals surface area contributed by atoms with E-state index in [4.69, 9.17) is 20.9 Å². The number of nitrogens with zero attached hydrogens (tertiary/aromatic N) is 4. The molecular formula is C27H46N6O6. The maximum Gasteiger partial charge on any atom is 0.305 e. The van der Waals surface area contributed by atoms with Crippen LogP contribution in [-0.4, -0.2) is 74.3 Å². The van der Waals surface area contributed by atoms with Crippen LogP contribution in [0.25, 0.3) is 11.2 Å². The topological polar surface area (TPSA) is 181 Å². The monoisotopic (exact) mass is 550 g/mol. The quantitative estimate of drug-likeness (QED) is 0.149. The summed E-state index contributed by atoms with van der Waals surface area (Å²) < 4.78 is 18.2. The Morgan fingerprint density at radius 3 is 2.15 bits per heavy atom. The van der Waals surface area contributed by atoms with E-state index in [0.29, 0.717) is 24.2 Å². The highest BCUT2D eigenvalue weighted by molar-refractivity contribution is 5.82. The van der Waals surface area contributed by atoms with Crippen molar-refractivity contribution in [2.75, 3.05) is 31.8 Å². The lowest BCUT2D eigenvalue weighted by Crippen LogP contribution is -2.35. The van der Waals surface area contributed by atoms with Gasteiger partial charge in [-0.2, -0.15) is 9.97 Å². The minimum atomic E-state index is -0.992. The molecule has 1 aliphatic rings. The summed E-state index contributed by atoms with van der Waals surface area (Å²) in [5, 5.41) is 20.4. The molecule has 1 fully saturated rings. The van der Waals surface area contributed by atoms with E-state index in [0.717, 1.165) is 32.1 Å². The van der Waals surface area contributed by atoms with E-state index < -0.39 is 24.5 Å². The van der Waals surface area contributed by atoms with Gasteiger partial charge in [0, 0.05) is 13.0 Å². The van der Waals surface area contributed by atoms with Crippen molar-refractivity contribution in [2.45, 2.75) is 114 Å². The molecule has 0 saturated carbocycles. The Hall–Kier alpha value is -2.54. The number of anilines is 2. The maximum absolute atomic E-state index is 11.1. The Morgan fingerprint density at radius 1 is 0.974 bits per heavy atom. The van der Waals surface area contributed by atoms with Crippen molar-refractivity contribution in [3.05, 3.63) is 6.33 Å². The van der Waals surface area contributed by atoms with Gasteiger partial charge in [0.25, 0.3) is 0 Å². The van der Waals surface area contributed by atoms with E-state index in [1.807, 2.05) is 0 Å². The molecule has 1 aliphatic heterocycles. The van der Waals surface area contributed by atoms with Crippen molar-refractivity contribution in [3.63, 3.8) is 0 Å². The lowest BCUT2D eigenvalue weighted by molar-refractivity contribution is -0.140. The molecule has 0 aliphatic carbocycles. The number of carbonyl (C=O) groups is 1. The summed E-state index contributed by atoms with van der Waals surface area (Å²) >= 11 is 0. The first-order valence-electron chi connectivity index (χ1n) is 14.3. The summed E-state index contributed by atoms with van der Waals surface area (Å²) in [7, 11) is 1.44. The zero-order chi connectivity index (χ0) is 28.0. The van der Waals surface area contributed by atoms with Gasteiger partial charge in [0.05, 0.1) is 20.0 Å². The third-order valence-electron chi connectivity index (χ3n) is 7.30. The number of nitrogens with two attached hydrogens (primary N) is 2. The fourth-order valence-electron chi connectivity index (χ4n) is 5.05. The van der Waals surface area contributed by atoms with Crippen LogP contribution in [0.3, 0.4) is 0 Å². The number of imidazole rings is 1. The Bertz CT molecular complexity index is 1000. The molecule has 12 heteroatoms. The molecule has 39 heavy (non-hydrogen) atoms. The molecular weight excluding hydrogens is 504 g/mol. The second-order valence-corrected chi connectivity index (χ2v) is 10.3. The van der Waals surface area contributed by atoms with Crippen LogP contribution in [0.1, 0.15) is 96.1 Å². The summed E-state index contributed by atoms with van der Waals surface area (Å²) in [6.45, 7) is 0.145. The Morgan fingerprint density at radius 2 is 1.56 bits per heavy atom. The Kier molecular flexibility index (Phi) is 13.1. The fraction of sp³-hybridized carbons (Fsp3) is 0.778. The van der Waals surface area contributed by atoms with E-state index in [2.05, 4.69) is 19.7 Å². The second kappa shape index (κ2) is 16.5. The van der Waals surface area contributed by atoms with Crippen molar-refractivity contribution < 1.29 is 29.2 Å². The first-order chi connectivity index (χ1) is 19.0. The molecule has 0 bridgehead atoms. The summed E-state index contributed by atoms with van der Waals surface area (Å²) in [6, 6.07) is 0. The van der Waals surface area contributed by atoms with Gasteiger partial charge in [-0.25, -0.2) is 4.98 Å². The molecule has 1 saturated heterocycles. The van der Waals surface area contributed by atoms with Crippen molar-refractivity contribution in [1.29, 1.82) is 0 Å². The van der Waals surface area contributed by atoms with Crippen molar-refractivity contribution in [1.82, 2.24) is 19.5 Å². The van der Waals surface area contributed by atoms with Crippen molar-refractivity contribution in [2.24, 2.45) is 0 Å². The molecule has 6 N–H and O–H groups in total. The van der Waals surface area contributed by atoms with Gasteiger partial charge in [-0.15, -0.1) is 0 Å². The summed E-state index contributed by atoms with van der Waals surface area (Å²) in [5.41, 5.74) is 12.5. The molecule has 0 spiro atoms. The summed E-state index contributed by atoms with van der Waals surface area (Å²) in [5.74, 6) is 0.0677. The second-order valence-electron chi connectivity index (χ2n) is 10.3. The molecule has 220 valence electrons. The molecule has 0 radical (unpaired) electrons. The smallest absolute Gasteiger partial charge is 0.305 e. The number of aromatic nitrogens is 4. The van der Waals surface area contributed by atoms with Gasteiger partial charge in [0.1, 0.15) is 23.8 Å². The number of fused-ring (bicyclic) bond motifs is 1. The highest BCUT2D eigenvalue weighted by Gasteiger charge is 2.45. The van der Waals surface area contributed by atoms with Crippen molar-refractivity contribution >= 4 is 28.9 Å². The Labute approximate surface area is 230 Å². The molecule has 2 aromatic heterocycles. The number of unbranched alkanes of at least 4 members (excludes halogenated alkanes) is 12. The third kappa shape index (κ3) is 9.26. The van der Waals surface area contributed by atoms with Crippen LogP contribution >= 0.6 is 0 Å².